The Bertz CT molecular complexity index is 505. The van der Waals surface area contributed by atoms with Crippen LogP contribution in [0.3, 0.4) is 0 Å². The second kappa shape index (κ2) is 5.47. The number of nitrogens with two attached hydrogens (primary N) is 1. The van der Waals surface area contributed by atoms with Crippen LogP contribution in [-0.4, -0.2) is 14.5 Å². The van der Waals surface area contributed by atoms with E-state index in [1.165, 1.54) is 12.5 Å². The van der Waals surface area contributed by atoms with Crippen molar-refractivity contribution >= 4 is 27.3 Å². The molecule has 1 aromatic carbocycles. The van der Waals surface area contributed by atoms with Crippen LogP contribution in [0.4, 0.5) is 5.69 Å². The van der Waals surface area contributed by atoms with Crippen molar-refractivity contribution in [3.63, 3.8) is 0 Å². The summed E-state index contributed by atoms with van der Waals surface area (Å²) in [6.07, 6.45) is 5.05. The number of anilines is 1. The lowest BCUT2D eigenvalue weighted by Gasteiger charge is -2.23. The predicted octanol–water partition coefficient (Wildman–Crippen LogP) is 2.53. The molecule has 1 aromatic rings. The van der Waals surface area contributed by atoms with E-state index in [-0.39, 0.29) is 21.6 Å². The van der Waals surface area contributed by atoms with Gasteiger partial charge in [-0.1, -0.05) is 36.9 Å². The van der Waals surface area contributed by atoms with Gasteiger partial charge in [-0.05, 0) is 25.0 Å². The van der Waals surface area contributed by atoms with Crippen LogP contribution in [0.25, 0.3) is 0 Å². The zero-order valence-electron chi connectivity index (χ0n) is 10.0. The number of sulfonamides is 1. The Hall–Kier alpha value is -0.780. The second-order valence-electron chi connectivity index (χ2n) is 4.61. The molecule has 0 amide bonds. The third-order valence-electron chi connectivity index (χ3n) is 3.19. The first kappa shape index (κ1) is 13.6. The molecular formula is C12H17ClN2O2S. The summed E-state index contributed by atoms with van der Waals surface area (Å²) in [5, 5.41) is 0.165. The zero-order chi connectivity index (χ0) is 13.2. The summed E-state index contributed by atoms with van der Waals surface area (Å²) in [5.41, 5.74) is 5.89. The van der Waals surface area contributed by atoms with Crippen molar-refractivity contribution in [3.8, 4) is 0 Å². The molecule has 1 fully saturated rings. The summed E-state index contributed by atoms with van der Waals surface area (Å²) in [6, 6.07) is 4.71. The van der Waals surface area contributed by atoms with Gasteiger partial charge < -0.3 is 5.73 Å². The summed E-state index contributed by atoms with van der Waals surface area (Å²) < 4.78 is 27.2. The summed E-state index contributed by atoms with van der Waals surface area (Å²) in [5.74, 6) is 0. The lowest BCUT2D eigenvalue weighted by molar-refractivity contribution is 0.412. The van der Waals surface area contributed by atoms with Crippen LogP contribution in [-0.2, 0) is 10.0 Å². The van der Waals surface area contributed by atoms with Gasteiger partial charge in [0.2, 0.25) is 10.0 Å². The summed E-state index contributed by atoms with van der Waals surface area (Å²) >= 11 is 5.93. The minimum atomic E-state index is -3.63. The number of rotatable bonds is 3. The quantitative estimate of drug-likeness (QED) is 0.840. The van der Waals surface area contributed by atoms with Crippen molar-refractivity contribution in [2.75, 3.05) is 5.73 Å². The largest absolute Gasteiger partial charge is 0.398 e. The van der Waals surface area contributed by atoms with Gasteiger partial charge in [-0.15, -0.1) is 0 Å². The van der Waals surface area contributed by atoms with Crippen molar-refractivity contribution in [1.29, 1.82) is 0 Å². The van der Waals surface area contributed by atoms with Crippen molar-refractivity contribution in [1.82, 2.24) is 4.72 Å². The average Bonchev–Trinajstić information content (AvgIpc) is 2.28. The second-order valence-corrected chi connectivity index (χ2v) is 6.67. The van der Waals surface area contributed by atoms with Crippen molar-refractivity contribution < 1.29 is 8.42 Å². The molecule has 0 aliphatic heterocycles. The highest BCUT2D eigenvalue weighted by molar-refractivity contribution is 7.89. The van der Waals surface area contributed by atoms with E-state index in [1.807, 2.05) is 0 Å². The molecule has 0 atom stereocenters. The van der Waals surface area contributed by atoms with Crippen LogP contribution in [0, 0.1) is 0 Å². The molecule has 3 N–H and O–H groups in total. The van der Waals surface area contributed by atoms with Gasteiger partial charge in [0.05, 0.1) is 10.7 Å². The van der Waals surface area contributed by atoms with E-state index in [1.54, 1.807) is 12.1 Å². The molecule has 0 radical (unpaired) electrons. The molecule has 100 valence electrons. The van der Waals surface area contributed by atoms with E-state index in [4.69, 9.17) is 17.3 Å². The van der Waals surface area contributed by atoms with E-state index >= 15 is 0 Å². The fraction of sp³-hybridized carbons (Fsp3) is 0.500. The van der Waals surface area contributed by atoms with Gasteiger partial charge in [-0.25, -0.2) is 13.1 Å². The highest BCUT2D eigenvalue weighted by Crippen LogP contribution is 2.28. The average molecular weight is 289 g/mol. The van der Waals surface area contributed by atoms with E-state index < -0.39 is 10.0 Å². The zero-order valence-corrected chi connectivity index (χ0v) is 11.6. The molecule has 1 saturated carbocycles. The van der Waals surface area contributed by atoms with Gasteiger partial charge >= 0.3 is 0 Å². The predicted molar refractivity (Wildman–Crippen MR) is 73.1 cm³/mol. The van der Waals surface area contributed by atoms with Gasteiger partial charge in [0.25, 0.3) is 0 Å². The van der Waals surface area contributed by atoms with Crippen LogP contribution in [0.2, 0.25) is 5.02 Å². The number of hydrogen-bond acceptors (Lipinski definition) is 3. The number of hydrogen-bond donors (Lipinski definition) is 2. The number of nitrogens with one attached hydrogen (secondary N) is 1. The maximum atomic E-state index is 12.3. The molecule has 0 saturated heterocycles. The van der Waals surface area contributed by atoms with Crippen LogP contribution in [0.5, 0.6) is 0 Å². The van der Waals surface area contributed by atoms with Gasteiger partial charge in [0, 0.05) is 6.04 Å². The fourth-order valence-corrected chi connectivity index (χ4v) is 4.29. The smallest absolute Gasteiger partial charge is 0.244 e. The molecule has 1 aliphatic carbocycles. The molecule has 0 heterocycles. The standard InChI is InChI=1S/C12H17ClN2O2S/c13-10-7-4-8-11(14)12(10)18(16,17)15-9-5-2-1-3-6-9/h4,7-9,15H,1-3,5-6,14H2. The molecule has 0 bridgehead atoms. The maximum Gasteiger partial charge on any atom is 0.244 e. The number of halogens is 1. The third-order valence-corrected chi connectivity index (χ3v) is 5.26. The molecule has 6 heteroatoms. The first-order chi connectivity index (χ1) is 8.50. The number of benzene rings is 1. The Morgan fingerprint density at radius 1 is 1.22 bits per heavy atom. The summed E-state index contributed by atoms with van der Waals surface area (Å²) in [4.78, 5) is -0.00256. The van der Waals surface area contributed by atoms with Crippen LogP contribution < -0.4 is 10.5 Å². The molecule has 0 aromatic heterocycles. The lowest BCUT2D eigenvalue weighted by atomic mass is 9.96. The molecule has 1 aliphatic rings. The molecule has 4 nitrogen and oxygen atoms in total. The van der Waals surface area contributed by atoms with E-state index in [0.717, 1.165) is 25.7 Å². The van der Waals surface area contributed by atoms with Gasteiger partial charge in [0.15, 0.2) is 0 Å². The highest BCUT2D eigenvalue weighted by atomic mass is 35.5. The lowest BCUT2D eigenvalue weighted by Crippen LogP contribution is -2.36. The molecule has 0 unspecified atom stereocenters. The number of nitrogen functional groups attached to an aromatic ring is 1. The van der Waals surface area contributed by atoms with Crippen molar-refractivity contribution in [2.45, 2.75) is 43.0 Å². The molecular weight excluding hydrogens is 272 g/mol. The Morgan fingerprint density at radius 2 is 1.89 bits per heavy atom. The SMILES string of the molecule is Nc1cccc(Cl)c1S(=O)(=O)NC1CCCCC1. The van der Waals surface area contributed by atoms with E-state index in [0.29, 0.717) is 0 Å². The minimum absolute atomic E-state index is 0.000534. The van der Waals surface area contributed by atoms with E-state index in [9.17, 15) is 8.42 Å². The normalized spacial score (nSPS) is 17.8. The first-order valence-corrected chi connectivity index (χ1v) is 7.93. The third kappa shape index (κ3) is 2.96. The summed E-state index contributed by atoms with van der Waals surface area (Å²) in [7, 11) is -3.63. The van der Waals surface area contributed by atoms with Crippen LogP contribution >= 0.6 is 11.6 Å². The topological polar surface area (TPSA) is 72.2 Å². The van der Waals surface area contributed by atoms with Crippen molar-refractivity contribution in [3.05, 3.63) is 23.2 Å². The van der Waals surface area contributed by atoms with Gasteiger partial charge in [-0.2, -0.15) is 0 Å². The summed E-state index contributed by atoms with van der Waals surface area (Å²) in [6.45, 7) is 0. The Morgan fingerprint density at radius 3 is 2.50 bits per heavy atom. The Kier molecular flexibility index (Phi) is 4.14. The minimum Gasteiger partial charge on any atom is -0.398 e. The first-order valence-electron chi connectivity index (χ1n) is 6.07. The molecule has 0 spiro atoms. The van der Waals surface area contributed by atoms with Crippen molar-refractivity contribution in [2.24, 2.45) is 0 Å². The Labute approximate surface area is 113 Å². The van der Waals surface area contributed by atoms with Gasteiger partial charge in [-0.3, -0.25) is 0 Å². The van der Waals surface area contributed by atoms with Crippen LogP contribution in [0.15, 0.2) is 23.1 Å². The molecule has 18 heavy (non-hydrogen) atoms. The maximum absolute atomic E-state index is 12.3. The van der Waals surface area contributed by atoms with E-state index in [2.05, 4.69) is 4.72 Å². The fourth-order valence-electron chi connectivity index (χ4n) is 2.31. The van der Waals surface area contributed by atoms with Gasteiger partial charge in [0.1, 0.15) is 4.90 Å². The molecule has 2 rings (SSSR count). The Balaban J connectivity index is 2.25. The monoisotopic (exact) mass is 288 g/mol. The highest BCUT2D eigenvalue weighted by Gasteiger charge is 2.25. The van der Waals surface area contributed by atoms with Crippen LogP contribution in [0.1, 0.15) is 32.1 Å².